The number of carbonyl (C=O) groups excluding carboxylic acids is 1. The van der Waals surface area contributed by atoms with Crippen LogP contribution in [0.25, 0.3) is 0 Å². The van der Waals surface area contributed by atoms with E-state index in [0.29, 0.717) is 34.6 Å². The largest absolute Gasteiger partial charge is 0.495 e. The lowest BCUT2D eigenvalue weighted by Gasteiger charge is -2.33. The first-order valence-electron chi connectivity index (χ1n) is 10.3. The fraction of sp³-hybridized carbons (Fsp3) is 0.318. The van der Waals surface area contributed by atoms with Crippen LogP contribution in [0.4, 0.5) is 5.69 Å². The van der Waals surface area contributed by atoms with E-state index in [9.17, 15) is 4.79 Å². The fourth-order valence-electron chi connectivity index (χ4n) is 3.47. The normalized spacial score (nSPS) is 17.2. The van der Waals surface area contributed by atoms with Crippen molar-refractivity contribution in [3.8, 4) is 11.5 Å². The number of nitrogens with zero attached hydrogens (tertiary/aromatic N) is 3. The van der Waals surface area contributed by atoms with Crippen LogP contribution in [-0.4, -0.2) is 39.7 Å². The molecule has 2 heterocycles. The Morgan fingerprint density at radius 3 is 2.66 bits per heavy atom. The summed E-state index contributed by atoms with van der Waals surface area (Å²) < 4.78 is 12.6. The number of aromatic nitrogens is 3. The molecule has 32 heavy (non-hydrogen) atoms. The van der Waals surface area contributed by atoms with E-state index in [1.165, 1.54) is 11.8 Å². The minimum absolute atomic E-state index is 0.157. The number of rotatable bonds is 7. The molecule has 1 aromatic heterocycles. The zero-order chi connectivity index (χ0) is 22.7. The average molecular weight is 474 g/mol. The summed E-state index contributed by atoms with van der Waals surface area (Å²) in [5.41, 5.74) is 4.96. The Labute approximate surface area is 195 Å². The molecule has 10 heteroatoms. The molecule has 1 aliphatic heterocycles. The number of fused-ring (bicyclic) bond motifs is 1. The molecule has 4 rings (SSSR count). The van der Waals surface area contributed by atoms with Crippen molar-refractivity contribution in [3.05, 3.63) is 58.9 Å². The van der Waals surface area contributed by atoms with Gasteiger partial charge < -0.3 is 20.2 Å². The molecule has 2 aromatic carbocycles. The number of ether oxygens (including phenoxy) is 2. The number of hydrogen-bond donors (Lipinski definition) is 2. The summed E-state index contributed by atoms with van der Waals surface area (Å²) in [5.74, 6) is 1.97. The van der Waals surface area contributed by atoms with Crippen LogP contribution >= 0.6 is 23.4 Å². The van der Waals surface area contributed by atoms with E-state index >= 15 is 0 Å². The van der Waals surface area contributed by atoms with Crippen LogP contribution < -0.4 is 20.2 Å². The maximum Gasteiger partial charge on any atom is 0.240 e. The summed E-state index contributed by atoms with van der Waals surface area (Å²) in [6.45, 7) is 4.52. The molecule has 0 bridgehead atoms. The number of halogens is 1. The average Bonchev–Trinajstić information content (AvgIpc) is 3.21. The maximum absolute atomic E-state index is 13.3. The Morgan fingerprint density at radius 2 is 2.00 bits per heavy atom. The van der Waals surface area contributed by atoms with Gasteiger partial charge in [-0.05, 0) is 48.9 Å². The Morgan fingerprint density at radius 1 is 1.22 bits per heavy atom. The second-order valence-corrected chi connectivity index (χ2v) is 8.59. The van der Waals surface area contributed by atoms with Crippen LogP contribution in [0.15, 0.2) is 47.6 Å². The van der Waals surface area contributed by atoms with E-state index in [4.69, 9.17) is 21.1 Å². The summed E-state index contributed by atoms with van der Waals surface area (Å²) in [4.78, 5) is 13.3. The number of amides is 1. The van der Waals surface area contributed by atoms with Crippen molar-refractivity contribution < 1.29 is 14.3 Å². The molecule has 0 saturated heterocycles. The lowest BCUT2D eigenvalue weighted by atomic mass is 10.0. The van der Waals surface area contributed by atoms with Crippen molar-refractivity contribution in [2.24, 2.45) is 0 Å². The predicted octanol–water partition coefficient (Wildman–Crippen LogP) is 4.30. The first-order chi connectivity index (χ1) is 15.5. The Balaban J connectivity index is 1.63. The Hall–Kier alpha value is -2.91. The number of anilines is 1. The van der Waals surface area contributed by atoms with Crippen molar-refractivity contribution in [1.29, 1.82) is 0 Å². The third-order valence-electron chi connectivity index (χ3n) is 5.05. The summed E-state index contributed by atoms with van der Waals surface area (Å²) >= 11 is 7.75. The van der Waals surface area contributed by atoms with E-state index in [1.807, 2.05) is 54.9 Å². The lowest BCUT2D eigenvalue weighted by molar-refractivity contribution is -0.116. The van der Waals surface area contributed by atoms with Crippen molar-refractivity contribution in [3.63, 3.8) is 0 Å². The molecule has 0 saturated carbocycles. The van der Waals surface area contributed by atoms with Gasteiger partial charge in [-0.15, -0.1) is 10.2 Å². The molecule has 0 spiro atoms. The number of methoxy groups -OCH3 is 1. The van der Waals surface area contributed by atoms with Gasteiger partial charge in [-0.2, -0.15) is 0 Å². The van der Waals surface area contributed by atoms with Crippen LogP contribution in [0.2, 0.25) is 5.02 Å². The third kappa shape index (κ3) is 4.49. The molecule has 168 valence electrons. The molecule has 2 atom stereocenters. The molecule has 8 nitrogen and oxygen atoms in total. The summed E-state index contributed by atoms with van der Waals surface area (Å²) in [6, 6.07) is 12.5. The fourth-order valence-corrected chi connectivity index (χ4v) is 4.83. The Bertz CT molecular complexity index is 1110. The van der Waals surface area contributed by atoms with Crippen LogP contribution in [-0.2, 0) is 11.2 Å². The standard InChI is InChI=1S/C22H24ClN5O3S/c1-4-18-25-26-22-28(18)27-19(13-6-11-17(30-3)16(23)12-13)20(32-22)21(29)24-14-7-9-15(10-8-14)31-5-2/h6-12,19-20,27H,4-5H2,1-3H3,(H,24,29)/t19-,20+/m0/s1. The summed E-state index contributed by atoms with van der Waals surface area (Å²) in [5, 5.41) is 12.1. The molecule has 0 fully saturated rings. The molecular formula is C22H24ClN5O3S. The first-order valence-corrected chi connectivity index (χ1v) is 11.5. The molecule has 1 aliphatic rings. The van der Waals surface area contributed by atoms with Gasteiger partial charge in [0, 0.05) is 12.1 Å². The number of benzene rings is 2. The lowest BCUT2D eigenvalue weighted by Crippen LogP contribution is -2.41. The highest BCUT2D eigenvalue weighted by molar-refractivity contribution is 8.00. The molecule has 3 aromatic rings. The van der Waals surface area contributed by atoms with Crippen molar-refractivity contribution in [2.75, 3.05) is 24.5 Å². The Kier molecular flexibility index (Phi) is 6.76. The molecule has 2 N–H and O–H groups in total. The molecule has 0 radical (unpaired) electrons. The number of carbonyl (C=O) groups is 1. The quantitative estimate of drug-likeness (QED) is 0.528. The zero-order valence-corrected chi connectivity index (χ0v) is 19.5. The summed E-state index contributed by atoms with van der Waals surface area (Å²) in [7, 11) is 1.57. The summed E-state index contributed by atoms with van der Waals surface area (Å²) in [6.07, 6.45) is 0.708. The topological polar surface area (TPSA) is 90.3 Å². The second kappa shape index (κ2) is 9.70. The highest BCUT2D eigenvalue weighted by Gasteiger charge is 2.38. The number of nitrogens with one attached hydrogen (secondary N) is 2. The van der Waals surface area contributed by atoms with Crippen LogP contribution in [0.5, 0.6) is 11.5 Å². The third-order valence-corrected chi connectivity index (χ3v) is 6.56. The number of aryl methyl sites for hydroxylation is 1. The number of hydrogen-bond acceptors (Lipinski definition) is 7. The minimum atomic E-state index is -0.507. The highest BCUT2D eigenvalue weighted by Crippen LogP contribution is 2.39. The van der Waals surface area contributed by atoms with E-state index in [0.717, 1.165) is 17.1 Å². The van der Waals surface area contributed by atoms with Gasteiger partial charge in [-0.3, -0.25) is 4.79 Å². The first kappa shape index (κ1) is 22.3. The SMILES string of the molecule is CCOc1ccc(NC(=O)[C@@H]2Sc3nnc(CC)n3N[C@H]2c2ccc(OC)c(Cl)c2)cc1. The molecule has 1 amide bonds. The molecule has 0 unspecified atom stereocenters. The maximum atomic E-state index is 13.3. The predicted molar refractivity (Wildman–Crippen MR) is 125 cm³/mol. The minimum Gasteiger partial charge on any atom is -0.495 e. The number of thioether (sulfide) groups is 1. The van der Waals surface area contributed by atoms with Crippen LogP contribution in [0.3, 0.4) is 0 Å². The van der Waals surface area contributed by atoms with Gasteiger partial charge in [-0.25, -0.2) is 4.68 Å². The van der Waals surface area contributed by atoms with Gasteiger partial charge in [0.05, 0.1) is 24.8 Å². The van der Waals surface area contributed by atoms with Gasteiger partial charge in [0.25, 0.3) is 0 Å². The van der Waals surface area contributed by atoms with Gasteiger partial charge >= 0.3 is 0 Å². The van der Waals surface area contributed by atoms with Gasteiger partial charge in [0.2, 0.25) is 11.1 Å². The molecular weight excluding hydrogens is 450 g/mol. The van der Waals surface area contributed by atoms with Crippen molar-refractivity contribution in [2.45, 2.75) is 36.7 Å². The van der Waals surface area contributed by atoms with E-state index in [-0.39, 0.29) is 11.9 Å². The van der Waals surface area contributed by atoms with Crippen molar-refractivity contribution >= 4 is 35.0 Å². The monoisotopic (exact) mass is 473 g/mol. The zero-order valence-electron chi connectivity index (χ0n) is 18.0. The highest BCUT2D eigenvalue weighted by atomic mass is 35.5. The van der Waals surface area contributed by atoms with Crippen LogP contribution in [0.1, 0.15) is 31.3 Å². The van der Waals surface area contributed by atoms with E-state index in [1.54, 1.807) is 13.2 Å². The van der Waals surface area contributed by atoms with Crippen LogP contribution in [0, 0.1) is 0 Å². The van der Waals surface area contributed by atoms with Gasteiger partial charge in [0.1, 0.15) is 16.7 Å². The van der Waals surface area contributed by atoms with Gasteiger partial charge in [0.15, 0.2) is 5.82 Å². The second-order valence-electron chi connectivity index (χ2n) is 7.07. The molecule has 0 aliphatic carbocycles. The van der Waals surface area contributed by atoms with Crippen molar-refractivity contribution in [1.82, 2.24) is 14.9 Å². The smallest absolute Gasteiger partial charge is 0.240 e. The van der Waals surface area contributed by atoms with Gasteiger partial charge in [-0.1, -0.05) is 36.4 Å². The van der Waals surface area contributed by atoms with E-state index < -0.39 is 5.25 Å². The van der Waals surface area contributed by atoms with E-state index in [2.05, 4.69) is 20.9 Å².